The van der Waals surface area contributed by atoms with Gasteiger partial charge in [-0.1, -0.05) is 12.1 Å². The summed E-state index contributed by atoms with van der Waals surface area (Å²) in [4.78, 5) is 27.6. The van der Waals surface area contributed by atoms with Crippen molar-refractivity contribution in [1.29, 1.82) is 0 Å². The number of benzene rings is 1. The van der Waals surface area contributed by atoms with Gasteiger partial charge in [0.15, 0.2) is 5.82 Å². The monoisotopic (exact) mass is 393 g/mol. The molecule has 3 aromatic rings. The van der Waals surface area contributed by atoms with E-state index in [1.165, 1.54) is 12.7 Å². The van der Waals surface area contributed by atoms with Gasteiger partial charge in [-0.15, -0.1) is 0 Å². The highest BCUT2D eigenvalue weighted by Gasteiger charge is 2.27. The Bertz CT molecular complexity index is 961. The number of hydrogen-bond donors (Lipinski definition) is 1. The number of nitrogens with zero attached hydrogens (tertiary/aromatic N) is 6. The van der Waals surface area contributed by atoms with E-state index in [4.69, 9.17) is 4.74 Å². The van der Waals surface area contributed by atoms with Gasteiger partial charge in [0.05, 0.1) is 18.2 Å². The number of rotatable bonds is 6. The van der Waals surface area contributed by atoms with Gasteiger partial charge in [0, 0.05) is 19.2 Å². The fourth-order valence-corrected chi connectivity index (χ4v) is 3.45. The number of carbonyl (C=O) groups is 1. The highest BCUT2D eigenvalue weighted by Crippen LogP contribution is 2.27. The predicted octanol–water partition coefficient (Wildman–Crippen LogP) is 2.31. The summed E-state index contributed by atoms with van der Waals surface area (Å²) in [5.41, 5.74) is 0.701. The molecule has 1 fully saturated rings. The molecule has 1 aliphatic heterocycles. The van der Waals surface area contributed by atoms with E-state index in [1.807, 2.05) is 37.3 Å². The average Bonchev–Trinajstić information content (AvgIpc) is 3.31. The van der Waals surface area contributed by atoms with E-state index >= 15 is 0 Å². The molecule has 0 saturated carbocycles. The molecule has 2 aromatic heterocycles. The number of hydrogen-bond acceptors (Lipinski definition) is 7. The van der Waals surface area contributed by atoms with E-state index in [0.717, 1.165) is 25.2 Å². The fourth-order valence-electron chi connectivity index (χ4n) is 3.45. The Kier molecular flexibility index (Phi) is 5.64. The van der Waals surface area contributed by atoms with E-state index in [2.05, 4.69) is 30.3 Å². The first-order valence-electron chi connectivity index (χ1n) is 9.69. The summed E-state index contributed by atoms with van der Waals surface area (Å²) < 4.78 is 7.20. The van der Waals surface area contributed by atoms with E-state index in [1.54, 1.807) is 11.0 Å². The van der Waals surface area contributed by atoms with Gasteiger partial charge < -0.3 is 15.0 Å². The van der Waals surface area contributed by atoms with Crippen molar-refractivity contribution in [2.24, 2.45) is 5.92 Å². The van der Waals surface area contributed by atoms with Crippen LogP contribution in [0.15, 0.2) is 49.3 Å². The Morgan fingerprint density at radius 2 is 2.10 bits per heavy atom. The van der Waals surface area contributed by atoms with Crippen molar-refractivity contribution in [3.05, 3.63) is 49.3 Å². The van der Waals surface area contributed by atoms with Crippen molar-refractivity contribution in [2.45, 2.75) is 19.8 Å². The predicted molar refractivity (Wildman–Crippen MR) is 108 cm³/mol. The molecule has 0 aliphatic carbocycles. The summed E-state index contributed by atoms with van der Waals surface area (Å²) in [6.45, 7) is 3.91. The summed E-state index contributed by atoms with van der Waals surface area (Å²) in [6, 6.07) is 9.36. The quantitative estimate of drug-likeness (QED) is 0.686. The molecule has 0 radical (unpaired) electrons. The number of para-hydroxylation sites is 2. The second-order valence-corrected chi connectivity index (χ2v) is 6.78. The number of piperidine rings is 1. The van der Waals surface area contributed by atoms with Gasteiger partial charge in [-0.3, -0.25) is 4.79 Å². The molecule has 0 bridgehead atoms. The maximum absolute atomic E-state index is 12.9. The van der Waals surface area contributed by atoms with Crippen molar-refractivity contribution in [2.75, 3.05) is 29.9 Å². The maximum atomic E-state index is 12.9. The van der Waals surface area contributed by atoms with Gasteiger partial charge >= 0.3 is 0 Å². The zero-order chi connectivity index (χ0) is 20.1. The molecule has 1 saturated heterocycles. The number of carbonyl (C=O) groups excluding carboxylic acids is 1. The third-order valence-electron chi connectivity index (χ3n) is 4.85. The smallest absolute Gasteiger partial charge is 0.229 e. The Morgan fingerprint density at radius 1 is 1.24 bits per heavy atom. The summed E-state index contributed by atoms with van der Waals surface area (Å²) in [6.07, 6.45) is 6.31. The number of amides is 1. The van der Waals surface area contributed by atoms with Gasteiger partial charge in [-0.05, 0) is 31.9 Å². The molecule has 29 heavy (non-hydrogen) atoms. The van der Waals surface area contributed by atoms with Crippen LogP contribution in [0.5, 0.6) is 5.75 Å². The maximum Gasteiger partial charge on any atom is 0.229 e. The van der Waals surface area contributed by atoms with Gasteiger partial charge in [0.25, 0.3) is 0 Å². The van der Waals surface area contributed by atoms with Crippen LogP contribution in [0.3, 0.4) is 0 Å². The standard InChI is InChI=1S/C20H23N7O2/c1-2-29-17-8-4-3-7-16(17)25-20(28)15-6-5-9-26(11-15)18-10-19(23-13-22-18)27-14-21-12-24-27/h3-4,7-8,10,12-15H,2,5-6,9,11H2,1H3,(H,25,28). The lowest BCUT2D eigenvalue weighted by molar-refractivity contribution is -0.120. The van der Waals surface area contributed by atoms with Gasteiger partial charge in [-0.25, -0.2) is 19.6 Å². The minimum Gasteiger partial charge on any atom is -0.492 e. The SMILES string of the molecule is CCOc1ccccc1NC(=O)C1CCCN(c2cc(-n3cncn3)ncn2)C1. The molecule has 1 aliphatic rings. The van der Waals surface area contributed by atoms with Crippen LogP contribution in [0.2, 0.25) is 0 Å². The molecule has 9 heteroatoms. The van der Waals surface area contributed by atoms with Crippen LogP contribution in [0, 0.1) is 5.92 Å². The van der Waals surface area contributed by atoms with E-state index in [-0.39, 0.29) is 11.8 Å². The Labute approximate surface area is 168 Å². The van der Waals surface area contributed by atoms with Gasteiger partial charge in [0.2, 0.25) is 5.91 Å². The summed E-state index contributed by atoms with van der Waals surface area (Å²) in [5, 5.41) is 7.13. The minimum atomic E-state index is -0.136. The molecule has 0 spiro atoms. The molecule has 1 amide bonds. The van der Waals surface area contributed by atoms with Crippen molar-refractivity contribution in [3.8, 4) is 11.6 Å². The second-order valence-electron chi connectivity index (χ2n) is 6.78. The first kappa shape index (κ1) is 18.9. The van der Waals surface area contributed by atoms with Gasteiger partial charge in [-0.2, -0.15) is 5.10 Å². The van der Waals surface area contributed by atoms with Crippen molar-refractivity contribution < 1.29 is 9.53 Å². The lowest BCUT2D eigenvalue weighted by Crippen LogP contribution is -2.41. The summed E-state index contributed by atoms with van der Waals surface area (Å²) in [5.74, 6) is 1.96. The normalized spacial score (nSPS) is 16.4. The number of aromatic nitrogens is 5. The van der Waals surface area contributed by atoms with Crippen LogP contribution in [0.1, 0.15) is 19.8 Å². The summed E-state index contributed by atoms with van der Waals surface area (Å²) >= 11 is 0. The van der Waals surface area contributed by atoms with Crippen molar-refractivity contribution >= 4 is 17.4 Å². The Morgan fingerprint density at radius 3 is 2.93 bits per heavy atom. The van der Waals surface area contributed by atoms with Crippen LogP contribution < -0.4 is 15.0 Å². The van der Waals surface area contributed by atoms with E-state index < -0.39 is 0 Å². The van der Waals surface area contributed by atoms with Crippen molar-refractivity contribution in [1.82, 2.24) is 24.7 Å². The fraction of sp³-hybridized carbons (Fsp3) is 0.350. The van der Waals surface area contributed by atoms with Crippen LogP contribution >= 0.6 is 0 Å². The Balaban J connectivity index is 1.46. The molecule has 3 heterocycles. The largest absolute Gasteiger partial charge is 0.492 e. The third kappa shape index (κ3) is 4.34. The molecule has 1 unspecified atom stereocenters. The van der Waals surface area contributed by atoms with Crippen molar-refractivity contribution in [3.63, 3.8) is 0 Å². The summed E-state index contributed by atoms with van der Waals surface area (Å²) in [7, 11) is 0. The Hall–Kier alpha value is -3.49. The van der Waals surface area contributed by atoms with Crippen LogP contribution in [0.4, 0.5) is 11.5 Å². The molecule has 150 valence electrons. The van der Waals surface area contributed by atoms with Crippen LogP contribution in [-0.4, -0.2) is 50.3 Å². The first-order chi connectivity index (χ1) is 14.2. The topological polar surface area (TPSA) is 98.1 Å². The average molecular weight is 393 g/mol. The lowest BCUT2D eigenvalue weighted by Gasteiger charge is -2.33. The molecular weight excluding hydrogens is 370 g/mol. The first-order valence-corrected chi connectivity index (χ1v) is 9.69. The molecule has 1 N–H and O–H groups in total. The van der Waals surface area contributed by atoms with Crippen LogP contribution in [-0.2, 0) is 4.79 Å². The van der Waals surface area contributed by atoms with Crippen LogP contribution in [0.25, 0.3) is 5.82 Å². The zero-order valence-electron chi connectivity index (χ0n) is 16.2. The highest BCUT2D eigenvalue weighted by molar-refractivity contribution is 5.94. The lowest BCUT2D eigenvalue weighted by atomic mass is 9.97. The molecule has 1 atom stereocenters. The number of nitrogens with one attached hydrogen (secondary N) is 1. The minimum absolute atomic E-state index is 0.00703. The molecular formula is C20H23N7O2. The number of anilines is 2. The zero-order valence-corrected chi connectivity index (χ0v) is 16.2. The molecule has 9 nitrogen and oxygen atoms in total. The second kappa shape index (κ2) is 8.68. The highest BCUT2D eigenvalue weighted by atomic mass is 16.5. The van der Waals surface area contributed by atoms with E-state index in [0.29, 0.717) is 30.4 Å². The van der Waals surface area contributed by atoms with Gasteiger partial charge in [0.1, 0.15) is 30.5 Å². The molecule has 1 aromatic carbocycles. The van der Waals surface area contributed by atoms with E-state index in [9.17, 15) is 4.79 Å². The third-order valence-corrected chi connectivity index (χ3v) is 4.85. The molecule has 4 rings (SSSR count). The number of ether oxygens (including phenoxy) is 1.